The molecule has 1 saturated heterocycles. The van der Waals surface area contributed by atoms with Crippen LogP contribution < -0.4 is 5.73 Å². The van der Waals surface area contributed by atoms with Gasteiger partial charge in [-0.25, -0.2) is 0 Å². The molecule has 1 aliphatic rings. The van der Waals surface area contributed by atoms with Crippen molar-refractivity contribution in [2.75, 3.05) is 6.61 Å². The van der Waals surface area contributed by atoms with Crippen LogP contribution in [-0.2, 0) is 11.8 Å². The SMILES string of the molecule is Cn1nccc1[C@@H]1C[C@H](N)CCO1. The van der Waals surface area contributed by atoms with E-state index in [-0.39, 0.29) is 12.1 Å². The lowest BCUT2D eigenvalue weighted by Crippen LogP contribution is -2.31. The molecule has 0 radical (unpaired) electrons. The third-order valence-corrected chi connectivity index (χ3v) is 2.51. The molecule has 0 spiro atoms. The molecule has 1 fully saturated rings. The number of ether oxygens (including phenoxy) is 1. The van der Waals surface area contributed by atoms with Gasteiger partial charge >= 0.3 is 0 Å². The summed E-state index contributed by atoms with van der Waals surface area (Å²) in [4.78, 5) is 0. The molecule has 13 heavy (non-hydrogen) atoms. The molecule has 1 aliphatic heterocycles. The van der Waals surface area contributed by atoms with Crippen LogP contribution in [0.5, 0.6) is 0 Å². The Bertz CT molecular complexity index is 284. The second-order valence-electron chi connectivity index (χ2n) is 3.52. The predicted molar refractivity (Wildman–Crippen MR) is 49.1 cm³/mol. The maximum absolute atomic E-state index is 5.87. The summed E-state index contributed by atoms with van der Waals surface area (Å²) in [5.74, 6) is 0. The van der Waals surface area contributed by atoms with Crippen LogP contribution >= 0.6 is 0 Å². The lowest BCUT2D eigenvalue weighted by atomic mass is 10.0. The zero-order chi connectivity index (χ0) is 9.26. The first-order chi connectivity index (χ1) is 6.27. The van der Waals surface area contributed by atoms with Crippen LogP contribution in [-0.4, -0.2) is 22.4 Å². The lowest BCUT2D eigenvalue weighted by Gasteiger charge is -2.27. The van der Waals surface area contributed by atoms with Crippen LogP contribution in [0.25, 0.3) is 0 Å². The van der Waals surface area contributed by atoms with Crippen LogP contribution in [0.3, 0.4) is 0 Å². The Labute approximate surface area is 77.7 Å². The van der Waals surface area contributed by atoms with Gasteiger partial charge in [-0.2, -0.15) is 5.10 Å². The Balaban J connectivity index is 2.12. The predicted octanol–water partition coefficient (Wildman–Crippen LogP) is 0.599. The number of nitrogens with zero attached hydrogens (tertiary/aromatic N) is 2. The highest BCUT2D eigenvalue weighted by Gasteiger charge is 2.23. The fourth-order valence-corrected chi connectivity index (χ4v) is 1.73. The number of rotatable bonds is 1. The molecule has 0 bridgehead atoms. The van der Waals surface area contributed by atoms with E-state index in [1.165, 1.54) is 0 Å². The smallest absolute Gasteiger partial charge is 0.101 e. The van der Waals surface area contributed by atoms with Crippen molar-refractivity contribution < 1.29 is 4.74 Å². The van der Waals surface area contributed by atoms with Crippen LogP contribution in [0.1, 0.15) is 24.6 Å². The summed E-state index contributed by atoms with van der Waals surface area (Å²) in [5, 5.41) is 4.11. The van der Waals surface area contributed by atoms with Gasteiger partial charge in [0.2, 0.25) is 0 Å². The zero-order valence-electron chi connectivity index (χ0n) is 7.81. The van der Waals surface area contributed by atoms with Gasteiger partial charge in [-0.15, -0.1) is 0 Å². The minimum absolute atomic E-state index is 0.135. The number of nitrogens with two attached hydrogens (primary N) is 1. The lowest BCUT2D eigenvalue weighted by molar-refractivity contribution is 0.00198. The van der Waals surface area contributed by atoms with Crippen LogP contribution in [0.2, 0.25) is 0 Å². The highest BCUT2D eigenvalue weighted by molar-refractivity contribution is 5.05. The van der Waals surface area contributed by atoms with Gasteiger partial charge in [0.15, 0.2) is 0 Å². The van der Waals surface area contributed by atoms with E-state index in [1.54, 1.807) is 6.20 Å². The minimum atomic E-state index is 0.135. The van der Waals surface area contributed by atoms with E-state index in [1.807, 2.05) is 17.8 Å². The Kier molecular flexibility index (Phi) is 2.33. The first-order valence-electron chi connectivity index (χ1n) is 4.62. The van der Waals surface area contributed by atoms with Gasteiger partial charge in [0.1, 0.15) is 6.10 Å². The van der Waals surface area contributed by atoms with E-state index in [2.05, 4.69) is 5.10 Å². The highest BCUT2D eigenvalue weighted by atomic mass is 16.5. The Morgan fingerprint density at radius 3 is 3.15 bits per heavy atom. The fraction of sp³-hybridized carbons (Fsp3) is 0.667. The van der Waals surface area contributed by atoms with Gasteiger partial charge in [-0.1, -0.05) is 0 Å². The van der Waals surface area contributed by atoms with Gasteiger partial charge in [0.25, 0.3) is 0 Å². The molecule has 2 rings (SSSR count). The van der Waals surface area contributed by atoms with E-state index in [0.29, 0.717) is 0 Å². The first-order valence-corrected chi connectivity index (χ1v) is 4.62. The molecular formula is C9H15N3O. The van der Waals surface area contributed by atoms with Crippen molar-refractivity contribution in [3.05, 3.63) is 18.0 Å². The summed E-state index contributed by atoms with van der Waals surface area (Å²) < 4.78 is 7.48. The number of aryl methyl sites for hydroxylation is 1. The van der Waals surface area contributed by atoms with Gasteiger partial charge < -0.3 is 10.5 Å². The molecule has 2 N–H and O–H groups in total. The Morgan fingerprint density at radius 2 is 2.54 bits per heavy atom. The third kappa shape index (κ3) is 1.73. The van der Waals surface area contributed by atoms with E-state index < -0.39 is 0 Å². The van der Waals surface area contributed by atoms with Gasteiger partial charge in [-0.3, -0.25) is 4.68 Å². The number of hydrogen-bond donors (Lipinski definition) is 1. The molecule has 0 amide bonds. The van der Waals surface area contributed by atoms with Crippen molar-refractivity contribution >= 4 is 0 Å². The van der Waals surface area contributed by atoms with E-state index in [0.717, 1.165) is 25.1 Å². The summed E-state index contributed by atoms with van der Waals surface area (Å²) in [7, 11) is 1.93. The third-order valence-electron chi connectivity index (χ3n) is 2.51. The molecule has 1 aromatic heterocycles. The molecule has 0 aliphatic carbocycles. The van der Waals surface area contributed by atoms with E-state index >= 15 is 0 Å². The Hall–Kier alpha value is -0.870. The number of hydrogen-bond acceptors (Lipinski definition) is 3. The van der Waals surface area contributed by atoms with E-state index in [9.17, 15) is 0 Å². The van der Waals surface area contributed by atoms with Crippen molar-refractivity contribution in [3.63, 3.8) is 0 Å². The van der Waals surface area contributed by atoms with Gasteiger partial charge in [-0.05, 0) is 18.9 Å². The molecule has 0 unspecified atom stereocenters. The molecule has 0 aromatic carbocycles. The Morgan fingerprint density at radius 1 is 1.69 bits per heavy atom. The maximum Gasteiger partial charge on any atom is 0.101 e. The number of aromatic nitrogens is 2. The second kappa shape index (κ2) is 3.47. The maximum atomic E-state index is 5.87. The van der Waals surface area contributed by atoms with E-state index in [4.69, 9.17) is 10.5 Å². The van der Waals surface area contributed by atoms with Crippen LogP contribution in [0, 0.1) is 0 Å². The average Bonchev–Trinajstić information content (AvgIpc) is 2.51. The molecule has 4 heteroatoms. The summed E-state index contributed by atoms with van der Waals surface area (Å²) in [5.41, 5.74) is 6.99. The fourth-order valence-electron chi connectivity index (χ4n) is 1.73. The van der Waals surface area contributed by atoms with Gasteiger partial charge in [0.05, 0.1) is 5.69 Å². The topological polar surface area (TPSA) is 53.1 Å². The molecule has 1 aromatic rings. The summed E-state index contributed by atoms with van der Waals surface area (Å²) in [6.07, 6.45) is 3.79. The van der Waals surface area contributed by atoms with Crippen molar-refractivity contribution in [1.82, 2.24) is 9.78 Å². The zero-order valence-corrected chi connectivity index (χ0v) is 7.81. The average molecular weight is 181 g/mol. The van der Waals surface area contributed by atoms with Crippen molar-refractivity contribution in [3.8, 4) is 0 Å². The standard InChI is InChI=1S/C9H15N3O/c1-12-8(2-4-11-12)9-6-7(10)3-5-13-9/h2,4,7,9H,3,5-6,10H2,1H3/t7-,9+/m1/s1. The second-order valence-corrected chi connectivity index (χ2v) is 3.52. The first kappa shape index (κ1) is 8.72. The quantitative estimate of drug-likeness (QED) is 0.690. The molecule has 0 saturated carbocycles. The van der Waals surface area contributed by atoms with Crippen LogP contribution in [0.4, 0.5) is 0 Å². The monoisotopic (exact) mass is 181 g/mol. The molecule has 2 atom stereocenters. The molecule has 72 valence electrons. The molecule has 4 nitrogen and oxygen atoms in total. The van der Waals surface area contributed by atoms with Crippen molar-refractivity contribution in [2.45, 2.75) is 25.0 Å². The summed E-state index contributed by atoms with van der Waals surface area (Å²) in [6.45, 7) is 0.761. The van der Waals surface area contributed by atoms with Crippen molar-refractivity contribution in [1.29, 1.82) is 0 Å². The molecular weight excluding hydrogens is 166 g/mol. The summed E-state index contributed by atoms with van der Waals surface area (Å²) >= 11 is 0. The van der Waals surface area contributed by atoms with Gasteiger partial charge in [0, 0.05) is 25.9 Å². The van der Waals surface area contributed by atoms with Crippen LogP contribution in [0.15, 0.2) is 12.3 Å². The minimum Gasteiger partial charge on any atom is -0.372 e. The highest BCUT2D eigenvalue weighted by Crippen LogP contribution is 2.26. The summed E-state index contributed by atoms with van der Waals surface area (Å²) in [6, 6.07) is 2.26. The van der Waals surface area contributed by atoms with Crippen molar-refractivity contribution in [2.24, 2.45) is 12.8 Å². The largest absolute Gasteiger partial charge is 0.372 e. The molecule has 2 heterocycles. The normalized spacial score (nSPS) is 29.1.